The van der Waals surface area contributed by atoms with Crippen LogP contribution in [0.1, 0.15) is 30.8 Å². The van der Waals surface area contributed by atoms with Gasteiger partial charge in [-0.1, -0.05) is 12.1 Å². The van der Waals surface area contributed by atoms with Gasteiger partial charge in [0.25, 0.3) is 0 Å². The Balaban J connectivity index is 2.15. The summed E-state index contributed by atoms with van der Waals surface area (Å²) in [6.07, 6.45) is 0.374. The third kappa shape index (κ3) is 3.34. The minimum atomic E-state index is -0.907. The van der Waals surface area contributed by atoms with Crippen molar-refractivity contribution in [1.29, 1.82) is 0 Å². The molecule has 19 heavy (non-hydrogen) atoms. The zero-order chi connectivity index (χ0) is 13.8. The maximum atomic E-state index is 12.8. The second kappa shape index (κ2) is 5.55. The number of hydrogen-bond donors (Lipinski definition) is 1. The van der Waals surface area contributed by atoms with Gasteiger partial charge in [-0.15, -0.1) is 5.10 Å². The molecule has 0 aliphatic rings. The molecule has 0 aliphatic heterocycles. The van der Waals surface area contributed by atoms with Crippen molar-refractivity contribution in [2.75, 3.05) is 0 Å². The van der Waals surface area contributed by atoms with Crippen molar-refractivity contribution < 1.29 is 14.3 Å². The van der Waals surface area contributed by atoms with Gasteiger partial charge in [0.05, 0.1) is 12.5 Å². The van der Waals surface area contributed by atoms with E-state index < -0.39 is 5.97 Å². The normalized spacial score (nSPS) is 12.3. The Kier molecular flexibility index (Phi) is 3.84. The molecule has 1 aromatic carbocycles. The van der Waals surface area contributed by atoms with Gasteiger partial charge in [-0.3, -0.25) is 4.79 Å². The van der Waals surface area contributed by atoms with E-state index in [1.807, 2.05) is 0 Å². The number of carboxylic acid groups (broad SMARTS) is 1. The van der Waals surface area contributed by atoms with E-state index in [9.17, 15) is 9.18 Å². The molecule has 0 saturated carbocycles. The molecule has 0 saturated heterocycles. The van der Waals surface area contributed by atoms with Crippen LogP contribution in [0.2, 0.25) is 0 Å². The molecule has 1 heterocycles. The molecule has 100 valence electrons. The average molecular weight is 264 g/mol. The standard InChI is InChI=1S/C12H13FN4O2/c1-8(6-12(18)19)17-11(14-15-16-17)7-9-2-4-10(13)5-3-9/h2-5,8H,6-7H2,1H3,(H,18,19). The van der Waals surface area contributed by atoms with Crippen LogP contribution in [0.3, 0.4) is 0 Å². The molecule has 0 fully saturated rings. The third-order valence-corrected chi connectivity index (χ3v) is 2.72. The molecule has 2 aromatic rings. The molecule has 0 amide bonds. The van der Waals surface area contributed by atoms with Gasteiger partial charge in [-0.2, -0.15) is 0 Å². The minimum absolute atomic E-state index is 0.0541. The summed E-state index contributed by atoms with van der Waals surface area (Å²) in [5.41, 5.74) is 0.861. The molecule has 0 radical (unpaired) electrons. The number of aromatic nitrogens is 4. The van der Waals surface area contributed by atoms with Gasteiger partial charge >= 0.3 is 5.97 Å². The summed E-state index contributed by atoms with van der Waals surface area (Å²) in [6.45, 7) is 1.73. The van der Waals surface area contributed by atoms with Gasteiger partial charge < -0.3 is 5.11 Å². The lowest BCUT2D eigenvalue weighted by atomic mass is 10.1. The number of aliphatic carboxylic acids is 1. The highest BCUT2D eigenvalue weighted by molar-refractivity contribution is 5.67. The Morgan fingerprint density at radius 2 is 2.11 bits per heavy atom. The Morgan fingerprint density at radius 3 is 2.74 bits per heavy atom. The van der Waals surface area contributed by atoms with Crippen LogP contribution in [-0.4, -0.2) is 31.3 Å². The first kappa shape index (κ1) is 13.1. The van der Waals surface area contributed by atoms with Crippen LogP contribution >= 0.6 is 0 Å². The van der Waals surface area contributed by atoms with Gasteiger partial charge in [0.2, 0.25) is 0 Å². The van der Waals surface area contributed by atoms with Crippen molar-refractivity contribution in [2.24, 2.45) is 0 Å². The molecule has 1 atom stereocenters. The first-order chi connectivity index (χ1) is 9.06. The number of rotatable bonds is 5. The third-order valence-electron chi connectivity index (χ3n) is 2.72. The number of halogens is 1. The predicted octanol–water partition coefficient (Wildman–Crippen LogP) is 1.44. The summed E-state index contributed by atoms with van der Waals surface area (Å²) in [5, 5.41) is 20.0. The second-order valence-corrected chi connectivity index (χ2v) is 4.29. The fourth-order valence-electron chi connectivity index (χ4n) is 1.80. The van der Waals surface area contributed by atoms with Crippen LogP contribution in [0.15, 0.2) is 24.3 Å². The number of nitrogens with zero attached hydrogens (tertiary/aromatic N) is 4. The molecule has 2 rings (SSSR count). The molecule has 7 heteroatoms. The van der Waals surface area contributed by atoms with E-state index in [1.165, 1.54) is 16.8 Å². The van der Waals surface area contributed by atoms with Crippen molar-refractivity contribution in [2.45, 2.75) is 25.8 Å². The molecule has 1 unspecified atom stereocenters. The lowest BCUT2D eigenvalue weighted by Gasteiger charge is -2.10. The van der Waals surface area contributed by atoms with Gasteiger partial charge in [-0.25, -0.2) is 9.07 Å². The molecule has 0 bridgehead atoms. The number of tetrazole rings is 1. The molecular weight excluding hydrogens is 251 g/mol. The minimum Gasteiger partial charge on any atom is -0.481 e. The summed E-state index contributed by atoms with van der Waals surface area (Å²) in [6, 6.07) is 5.70. The van der Waals surface area contributed by atoms with Crippen molar-refractivity contribution in [1.82, 2.24) is 20.2 Å². The van der Waals surface area contributed by atoms with E-state index in [0.717, 1.165) is 5.56 Å². The lowest BCUT2D eigenvalue weighted by Crippen LogP contribution is -2.15. The predicted molar refractivity (Wildman–Crippen MR) is 64.0 cm³/mol. The van der Waals surface area contributed by atoms with E-state index in [4.69, 9.17) is 5.11 Å². The van der Waals surface area contributed by atoms with Crippen LogP contribution in [0.25, 0.3) is 0 Å². The molecular formula is C12H13FN4O2. The molecule has 0 aliphatic carbocycles. The lowest BCUT2D eigenvalue weighted by molar-refractivity contribution is -0.137. The summed E-state index contributed by atoms with van der Waals surface area (Å²) in [4.78, 5) is 10.7. The highest BCUT2D eigenvalue weighted by atomic mass is 19.1. The number of carbonyl (C=O) groups is 1. The number of carboxylic acids is 1. The Labute approximate surface area is 108 Å². The zero-order valence-electron chi connectivity index (χ0n) is 10.3. The molecule has 6 nitrogen and oxygen atoms in total. The van der Waals surface area contributed by atoms with Crippen LogP contribution in [0.5, 0.6) is 0 Å². The Hall–Kier alpha value is -2.31. The summed E-state index contributed by atoms with van der Waals surface area (Å²) >= 11 is 0. The Bertz CT molecular complexity index is 567. The average Bonchev–Trinajstić information content (AvgIpc) is 2.79. The van der Waals surface area contributed by atoms with Gasteiger partial charge in [0.1, 0.15) is 5.82 Å². The summed E-state index contributed by atoms with van der Waals surface area (Å²) in [7, 11) is 0. The van der Waals surface area contributed by atoms with Gasteiger partial charge in [0.15, 0.2) is 5.82 Å². The SMILES string of the molecule is CC(CC(=O)O)n1nnnc1Cc1ccc(F)cc1. The largest absolute Gasteiger partial charge is 0.481 e. The summed E-state index contributed by atoms with van der Waals surface area (Å²) in [5.74, 6) is -0.654. The van der Waals surface area contributed by atoms with E-state index in [0.29, 0.717) is 12.2 Å². The zero-order valence-corrected chi connectivity index (χ0v) is 10.3. The highest BCUT2D eigenvalue weighted by Gasteiger charge is 2.16. The van der Waals surface area contributed by atoms with Crippen LogP contribution in [0.4, 0.5) is 4.39 Å². The fourth-order valence-corrected chi connectivity index (χ4v) is 1.80. The van der Waals surface area contributed by atoms with Gasteiger partial charge in [0, 0.05) is 6.42 Å². The molecule has 1 N–H and O–H groups in total. The monoisotopic (exact) mass is 264 g/mol. The molecule has 0 spiro atoms. The second-order valence-electron chi connectivity index (χ2n) is 4.29. The van der Waals surface area contributed by atoms with E-state index in [2.05, 4.69) is 15.5 Å². The highest BCUT2D eigenvalue weighted by Crippen LogP contribution is 2.14. The van der Waals surface area contributed by atoms with Crippen molar-refractivity contribution in [3.63, 3.8) is 0 Å². The molecule has 1 aromatic heterocycles. The van der Waals surface area contributed by atoms with Crippen LogP contribution in [-0.2, 0) is 11.2 Å². The maximum absolute atomic E-state index is 12.8. The van der Waals surface area contributed by atoms with Crippen LogP contribution < -0.4 is 0 Å². The topological polar surface area (TPSA) is 80.9 Å². The van der Waals surface area contributed by atoms with Crippen molar-refractivity contribution in [3.8, 4) is 0 Å². The quantitative estimate of drug-likeness (QED) is 0.883. The number of benzene rings is 1. The number of hydrogen-bond acceptors (Lipinski definition) is 4. The first-order valence-electron chi connectivity index (χ1n) is 5.79. The maximum Gasteiger partial charge on any atom is 0.305 e. The smallest absolute Gasteiger partial charge is 0.305 e. The Morgan fingerprint density at radius 1 is 1.42 bits per heavy atom. The van der Waals surface area contributed by atoms with E-state index in [-0.39, 0.29) is 18.3 Å². The van der Waals surface area contributed by atoms with Crippen molar-refractivity contribution >= 4 is 5.97 Å². The first-order valence-corrected chi connectivity index (χ1v) is 5.79. The van der Waals surface area contributed by atoms with E-state index in [1.54, 1.807) is 19.1 Å². The summed E-state index contributed by atoms with van der Waals surface area (Å²) < 4.78 is 14.3. The van der Waals surface area contributed by atoms with Crippen LogP contribution in [0, 0.1) is 5.82 Å². The fraction of sp³-hybridized carbons (Fsp3) is 0.333. The van der Waals surface area contributed by atoms with E-state index >= 15 is 0 Å². The van der Waals surface area contributed by atoms with Crippen molar-refractivity contribution in [3.05, 3.63) is 41.5 Å². The van der Waals surface area contributed by atoms with Gasteiger partial charge in [-0.05, 0) is 35.0 Å².